The minimum absolute atomic E-state index is 0.242. The van der Waals surface area contributed by atoms with E-state index in [-0.39, 0.29) is 5.76 Å². The van der Waals surface area contributed by atoms with E-state index in [0.29, 0.717) is 12.6 Å². The van der Waals surface area contributed by atoms with E-state index < -0.39 is 0 Å². The first-order chi connectivity index (χ1) is 10.2. The van der Waals surface area contributed by atoms with Gasteiger partial charge in [0.2, 0.25) is 0 Å². The van der Waals surface area contributed by atoms with Crippen molar-refractivity contribution in [1.29, 1.82) is 0 Å². The van der Waals surface area contributed by atoms with Crippen LogP contribution < -0.4 is 11.1 Å². The summed E-state index contributed by atoms with van der Waals surface area (Å²) in [5, 5.41) is 3.63. The summed E-state index contributed by atoms with van der Waals surface area (Å²) in [6.45, 7) is 5.99. The van der Waals surface area contributed by atoms with Crippen LogP contribution in [-0.4, -0.2) is 11.1 Å². The zero-order valence-corrected chi connectivity index (χ0v) is 12.9. The molecule has 1 heterocycles. The third-order valence-corrected chi connectivity index (χ3v) is 4.21. The van der Waals surface area contributed by atoms with E-state index in [0.717, 1.165) is 36.4 Å². The van der Waals surface area contributed by atoms with Gasteiger partial charge < -0.3 is 9.73 Å². The molecule has 2 aromatic rings. The van der Waals surface area contributed by atoms with Gasteiger partial charge in [0, 0.05) is 12.6 Å². The van der Waals surface area contributed by atoms with Crippen LogP contribution in [0.1, 0.15) is 51.1 Å². The van der Waals surface area contributed by atoms with Crippen LogP contribution in [0.2, 0.25) is 0 Å². The van der Waals surface area contributed by atoms with Crippen LogP contribution in [-0.2, 0) is 6.54 Å². The maximum atomic E-state index is 11.9. The molecule has 21 heavy (non-hydrogen) atoms. The maximum absolute atomic E-state index is 11.9. The topological polar surface area (TPSA) is 47.2 Å². The molecule has 1 unspecified atom stereocenters. The number of aryl methyl sites for hydroxylation is 1. The Hall–Kier alpha value is -1.55. The highest BCUT2D eigenvalue weighted by Gasteiger charge is 2.32. The second-order valence-electron chi connectivity index (χ2n) is 6.02. The number of nitrogens with zero attached hydrogens (tertiary/aromatic N) is 1. The minimum Gasteiger partial charge on any atom is -0.408 e. The van der Waals surface area contributed by atoms with Gasteiger partial charge in [-0.25, -0.2) is 4.79 Å². The van der Waals surface area contributed by atoms with Crippen LogP contribution in [0, 0.1) is 5.92 Å². The van der Waals surface area contributed by atoms with Gasteiger partial charge in [-0.05, 0) is 55.8 Å². The normalized spacial score (nSPS) is 16.5. The lowest BCUT2D eigenvalue weighted by Crippen LogP contribution is -2.23. The fourth-order valence-corrected chi connectivity index (χ4v) is 3.00. The molecule has 3 rings (SSSR count). The molecule has 0 aliphatic heterocycles. The van der Waals surface area contributed by atoms with E-state index >= 15 is 0 Å². The SMILES string of the molecule is CCCNC(c1ccc2c(c1)oc(=O)n2CCC)C1CC1. The minimum atomic E-state index is -0.242. The Kier molecular flexibility index (Phi) is 4.15. The Labute approximate surface area is 125 Å². The first-order valence-electron chi connectivity index (χ1n) is 8.11. The number of rotatable bonds is 7. The molecule has 1 aliphatic carbocycles. The molecule has 1 N–H and O–H groups in total. The van der Waals surface area contributed by atoms with Gasteiger partial charge in [0.1, 0.15) is 0 Å². The van der Waals surface area contributed by atoms with E-state index in [1.54, 1.807) is 4.57 Å². The number of aromatic nitrogens is 1. The highest BCUT2D eigenvalue weighted by Crippen LogP contribution is 2.41. The summed E-state index contributed by atoms with van der Waals surface area (Å²) < 4.78 is 7.15. The number of nitrogens with one attached hydrogen (secondary N) is 1. The largest absolute Gasteiger partial charge is 0.419 e. The lowest BCUT2D eigenvalue weighted by Gasteiger charge is -2.18. The number of fused-ring (bicyclic) bond motifs is 1. The lowest BCUT2D eigenvalue weighted by molar-refractivity contribution is 0.479. The third kappa shape index (κ3) is 2.91. The lowest BCUT2D eigenvalue weighted by atomic mass is 10.0. The summed E-state index contributed by atoms with van der Waals surface area (Å²) >= 11 is 0. The van der Waals surface area contributed by atoms with Crippen molar-refractivity contribution in [2.45, 2.75) is 52.1 Å². The van der Waals surface area contributed by atoms with Crippen LogP contribution in [0.5, 0.6) is 0 Å². The Morgan fingerprint density at radius 2 is 2.14 bits per heavy atom. The van der Waals surface area contributed by atoms with Crippen LogP contribution in [0.25, 0.3) is 11.1 Å². The first kappa shape index (κ1) is 14.4. The molecule has 1 aromatic heterocycles. The zero-order valence-electron chi connectivity index (χ0n) is 12.9. The number of oxazole rings is 1. The van der Waals surface area contributed by atoms with Gasteiger partial charge in [-0.1, -0.05) is 19.9 Å². The molecule has 1 saturated carbocycles. The Morgan fingerprint density at radius 1 is 1.33 bits per heavy atom. The van der Waals surface area contributed by atoms with Crippen molar-refractivity contribution in [3.63, 3.8) is 0 Å². The van der Waals surface area contributed by atoms with Gasteiger partial charge >= 0.3 is 5.76 Å². The summed E-state index contributed by atoms with van der Waals surface area (Å²) in [4.78, 5) is 11.9. The molecular weight excluding hydrogens is 264 g/mol. The van der Waals surface area contributed by atoms with Crippen molar-refractivity contribution in [2.75, 3.05) is 6.54 Å². The van der Waals surface area contributed by atoms with Crippen molar-refractivity contribution >= 4 is 11.1 Å². The third-order valence-electron chi connectivity index (χ3n) is 4.21. The van der Waals surface area contributed by atoms with E-state index in [1.807, 2.05) is 6.07 Å². The Morgan fingerprint density at radius 3 is 2.81 bits per heavy atom. The van der Waals surface area contributed by atoms with Crippen molar-refractivity contribution in [1.82, 2.24) is 9.88 Å². The maximum Gasteiger partial charge on any atom is 0.419 e. The molecule has 1 atom stereocenters. The summed E-state index contributed by atoms with van der Waals surface area (Å²) in [5.74, 6) is 0.493. The first-order valence-corrected chi connectivity index (χ1v) is 8.11. The molecule has 0 saturated heterocycles. The highest BCUT2D eigenvalue weighted by atomic mass is 16.4. The Bertz CT molecular complexity index is 667. The Balaban J connectivity index is 1.94. The standard InChI is InChI=1S/C17H24N2O2/c1-3-9-18-16(12-5-6-12)13-7-8-14-15(11-13)21-17(20)19(14)10-4-2/h7-8,11-12,16,18H,3-6,9-10H2,1-2H3. The summed E-state index contributed by atoms with van der Waals surface area (Å²) in [5.41, 5.74) is 2.88. The molecule has 1 aliphatic rings. The predicted octanol–water partition coefficient (Wildman–Crippen LogP) is 3.46. The van der Waals surface area contributed by atoms with Crippen LogP contribution in [0.3, 0.4) is 0 Å². The van der Waals surface area contributed by atoms with Crippen LogP contribution in [0.4, 0.5) is 0 Å². The monoisotopic (exact) mass is 288 g/mol. The second-order valence-corrected chi connectivity index (χ2v) is 6.02. The van der Waals surface area contributed by atoms with Crippen LogP contribution >= 0.6 is 0 Å². The smallest absolute Gasteiger partial charge is 0.408 e. The van der Waals surface area contributed by atoms with Gasteiger partial charge in [0.25, 0.3) is 0 Å². The van der Waals surface area contributed by atoms with Gasteiger partial charge in [-0.3, -0.25) is 4.57 Å². The molecule has 4 heteroatoms. The molecule has 1 fully saturated rings. The summed E-state index contributed by atoms with van der Waals surface area (Å²) in [6, 6.07) is 6.63. The van der Waals surface area contributed by atoms with Crippen molar-refractivity contribution < 1.29 is 4.42 Å². The van der Waals surface area contributed by atoms with Gasteiger partial charge in [0.05, 0.1) is 5.52 Å². The van der Waals surface area contributed by atoms with Crippen molar-refractivity contribution in [3.8, 4) is 0 Å². The quantitative estimate of drug-likeness (QED) is 0.848. The van der Waals surface area contributed by atoms with Gasteiger partial charge in [0.15, 0.2) is 5.58 Å². The molecule has 0 spiro atoms. The average Bonchev–Trinajstić information content (AvgIpc) is 3.26. The van der Waals surface area contributed by atoms with Gasteiger partial charge in [-0.15, -0.1) is 0 Å². The van der Waals surface area contributed by atoms with E-state index in [4.69, 9.17) is 4.42 Å². The number of benzene rings is 1. The molecule has 1 aromatic carbocycles. The number of hydrogen-bond donors (Lipinski definition) is 1. The van der Waals surface area contributed by atoms with E-state index in [2.05, 4.69) is 31.3 Å². The fourth-order valence-electron chi connectivity index (χ4n) is 3.00. The highest BCUT2D eigenvalue weighted by molar-refractivity contribution is 5.74. The van der Waals surface area contributed by atoms with Gasteiger partial charge in [-0.2, -0.15) is 0 Å². The van der Waals surface area contributed by atoms with Crippen molar-refractivity contribution in [3.05, 3.63) is 34.3 Å². The second kappa shape index (κ2) is 6.06. The molecule has 4 nitrogen and oxygen atoms in total. The summed E-state index contributed by atoms with van der Waals surface area (Å²) in [7, 11) is 0. The predicted molar refractivity (Wildman–Crippen MR) is 84.5 cm³/mol. The summed E-state index contributed by atoms with van der Waals surface area (Å²) in [6.07, 6.45) is 4.65. The molecule has 0 amide bonds. The fraction of sp³-hybridized carbons (Fsp3) is 0.588. The molecule has 0 radical (unpaired) electrons. The zero-order chi connectivity index (χ0) is 14.8. The average molecular weight is 288 g/mol. The van der Waals surface area contributed by atoms with Crippen LogP contribution in [0.15, 0.2) is 27.4 Å². The van der Waals surface area contributed by atoms with E-state index in [1.165, 1.54) is 18.4 Å². The molecule has 0 bridgehead atoms. The molecular formula is C17H24N2O2. The molecule has 114 valence electrons. The van der Waals surface area contributed by atoms with E-state index in [9.17, 15) is 4.79 Å². The van der Waals surface area contributed by atoms with Crippen molar-refractivity contribution in [2.24, 2.45) is 5.92 Å². The number of hydrogen-bond acceptors (Lipinski definition) is 3.